The molecule has 0 amide bonds. The molecule has 116 valence electrons. The molecule has 0 saturated heterocycles. The molecular formula is C15H14ClNO4S. The van der Waals surface area contributed by atoms with E-state index in [2.05, 4.69) is 4.74 Å². The van der Waals surface area contributed by atoms with Gasteiger partial charge in [-0.25, -0.2) is 13.2 Å². The molecule has 22 heavy (non-hydrogen) atoms. The summed E-state index contributed by atoms with van der Waals surface area (Å²) in [6, 6.07) is 12.3. The molecule has 0 atom stereocenters. The van der Waals surface area contributed by atoms with E-state index >= 15 is 0 Å². The first-order chi connectivity index (χ1) is 10.4. The van der Waals surface area contributed by atoms with Crippen LogP contribution in [0.15, 0.2) is 53.4 Å². The van der Waals surface area contributed by atoms with E-state index in [4.69, 9.17) is 11.6 Å². The summed E-state index contributed by atoms with van der Waals surface area (Å²) in [5.74, 6) is -0.637. The third-order valence-corrected chi connectivity index (χ3v) is 5.13. The van der Waals surface area contributed by atoms with Gasteiger partial charge in [-0.1, -0.05) is 29.8 Å². The van der Waals surface area contributed by atoms with Gasteiger partial charge in [-0.2, -0.15) is 0 Å². The fourth-order valence-electron chi connectivity index (χ4n) is 1.93. The minimum atomic E-state index is -3.81. The fourth-order valence-corrected chi connectivity index (χ4v) is 3.32. The Balaban J connectivity index is 2.56. The molecule has 0 fully saturated rings. The Morgan fingerprint density at radius 2 is 1.77 bits per heavy atom. The van der Waals surface area contributed by atoms with Crippen molar-refractivity contribution < 1.29 is 17.9 Å². The molecule has 0 radical (unpaired) electrons. The lowest BCUT2D eigenvalue weighted by Crippen LogP contribution is -2.28. The van der Waals surface area contributed by atoms with Gasteiger partial charge in [0.15, 0.2) is 0 Å². The number of methoxy groups -OCH3 is 1. The first-order valence-corrected chi connectivity index (χ1v) is 8.11. The maximum atomic E-state index is 12.6. The molecule has 0 saturated carbocycles. The molecular weight excluding hydrogens is 326 g/mol. The zero-order chi connectivity index (χ0) is 16.3. The predicted molar refractivity (Wildman–Crippen MR) is 84.8 cm³/mol. The van der Waals surface area contributed by atoms with E-state index in [-0.39, 0.29) is 16.1 Å². The van der Waals surface area contributed by atoms with Crippen LogP contribution in [0, 0.1) is 0 Å². The molecule has 2 aromatic rings. The van der Waals surface area contributed by atoms with Crippen molar-refractivity contribution >= 4 is 33.3 Å². The molecule has 7 heteroatoms. The van der Waals surface area contributed by atoms with E-state index in [0.717, 1.165) is 4.31 Å². The van der Waals surface area contributed by atoms with Gasteiger partial charge in [-0.05, 0) is 30.3 Å². The van der Waals surface area contributed by atoms with E-state index in [1.54, 1.807) is 18.2 Å². The number of anilines is 1. The van der Waals surface area contributed by atoms with E-state index in [1.807, 2.05) is 0 Å². The molecule has 0 aromatic heterocycles. The molecule has 0 heterocycles. The standard InChI is InChI=1S/C15H14ClNO4S/c1-17(22(19,20)12-6-4-3-5-7-12)14-10-11(16)8-9-13(14)15(18)21-2/h3-10H,1-2H3. The van der Waals surface area contributed by atoms with Gasteiger partial charge < -0.3 is 4.74 Å². The van der Waals surface area contributed by atoms with Crippen LogP contribution in [0.4, 0.5) is 5.69 Å². The Labute approximate surface area is 134 Å². The van der Waals surface area contributed by atoms with E-state index in [1.165, 1.54) is 44.5 Å². The van der Waals surface area contributed by atoms with Crippen LogP contribution in [0.25, 0.3) is 0 Å². The zero-order valence-corrected chi connectivity index (χ0v) is 13.6. The molecule has 0 unspecified atom stereocenters. The van der Waals surface area contributed by atoms with Crippen LogP contribution in [-0.4, -0.2) is 28.5 Å². The largest absolute Gasteiger partial charge is 0.465 e. The number of nitrogens with zero attached hydrogens (tertiary/aromatic N) is 1. The minimum absolute atomic E-state index is 0.119. The first kappa shape index (κ1) is 16.3. The number of sulfonamides is 1. The fraction of sp³-hybridized carbons (Fsp3) is 0.133. The van der Waals surface area contributed by atoms with E-state index in [0.29, 0.717) is 5.02 Å². The number of carbonyl (C=O) groups is 1. The number of rotatable bonds is 4. The molecule has 0 bridgehead atoms. The highest BCUT2D eigenvalue weighted by Crippen LogP contribution is 2.29. The average Bonchev–Trinajstić information content (AvgIpc) is 2.54. The van der Waals surface area contributed by atoms with Crippen LogP contribution in [0.1, 0.15) is 10.4 Å². The number of esters is 1. The summed E-state index contributed by atoms with van der Waals surface area (Å²) in [5, 5.41) is 0.317. The predicted octanol–water partition coefficient (Wildman–Crippen LogP) is 2.95. The molecule has 0 spiro atoms. The molecule has 0 N–H and O–H groups in total. The Morgan fingerprint density at radius 3 is 2.36 bits per heavy atom. The van der Waals surface area contributed by atoms with Gasteiger partial charge in [0.05, 0.1) is 23.3 Å². The van der Waals surface area contributed by atoms with E-state index in [9.17, 15) is 13.2 Å². The van der Waals surface area contributed by atoms with Crippen molar-refractivity contribution in [3.63, 3.8) is 0 Å². The number of hydrogen-bond acceptors (Lipinski definition) is 4. The number of hydrogen-bond donors (Lipinski definition) is 0. The van der Waals surface area contributed by atoms with Crippen LogP contribution in [0.2, 0.25) is 5.02 Å². The van der Waals surface area contributed by atoms with Crippen LogP contribution >= 0.6 is 11.6 Å². The summed E-state index contributed by atoms with van der Waals surface area (Å²) in [6.07, 6.45) is 0. The number of halogens is 1. The van der Waals surface area contributed by atoms with Gasteiger partial charge in [0.25, 0.3) is 10.0 Å². The Kier molecular flexibility index (Phi) is 4.73. The summed E-state index contributed by atoms with van der Waals surface area (Å²) in [6.45, 7) is 0. The number of benzene rings is 2. The highest BCUT2D eigenvalue weighted by molar-refractivity contribution is 7.92. The quantitative estimate of drug-likeness (QED) is 0.803. The number of carbonyl (C=O) groups excluding carboxylic acids is 1. The van der Waals surface area contributed by atoms with Gasteiger partial charge in [-0.15, -0.1) is 0 Å². The molecule has 0 aliphatic heterocycles. The van der Waals surface area contributed by atoms with Gasteiger partial charge in [0, 0.05) is 12.1 Å². The van der Waals surface area contributed by atoms with Crippen LogP contribution in [-0.2, 0) is 14.8 Å². The summed E-state index contributed by atoms with van der Waals surface area (Å²) >= 11 is 5.93. The third-order valence-electron chi connectivity index (χ3n) is 3.11. The summed E-state index contributed by atoms with van der Waals surface area (Å²) in [7, 11) is -1.22. The Morgan fingerprint density at radius 1 is 1.14 bits per heavy atom. The Hall–Kier alpha value is -2.05. The lowest BCUT2D eigenvalue weighted by atomic mass is 10.2. The smallest absolute Gasteiger partial charge is 0.340 e. The van der Waals surface area contributed by atoms with Crippen LogP contribution in [0.3, 0.4) is 0 Å². The van der Waals surface area contributed by atoms with Crippen molar-refractivity contribution in [2.24, 2.45) is 0 Å². The summed E-state index contributed by atoms with van der Waals surface area (Å²) in [5.41, 5.74) is 0.275. The minimum Gasteiger partial charge on any atom is -0.465 e. The zero-order valence-electron chi connectivity index (χ0n) is 12.0. The summed E-state index contributed by atoms with van der Waals surface area (Å²) in [4.78, 5) is 11.9. The van der Waals surface area contributed by atoms with Gasteiger partial charge >= 0.3 is 5.97 Å². The first-order valence-electron chi connectivity index (χ1n) is 6.30. The summed E-state index contributed by atoms with van der Waals surface area (Å²) < 4.78 is 31.0. The lowest BCUT2D eigenvalue weighted by molar-refractivity contribution is 0.0601. The van der Waals surface area contributed by atoms with E-state index < -0.39 is 16.0 Å². The van der Waals surface area contributed by atoms with Crippen LogP contribution in [0.5, 0.6) is 0 Å². The molecule has 0 aliphatic carbocycles. The Bertz CT molecular complexity index is 790. The maximum Gasteiger partial charge on any atom is 0.340 e. The van der Waals surface area contributed by atoms with Crippen molar-refractivity contribution in [3.05, 3.63) is 59.1 Å². The lowest BCUT2D eigenvalue weighted by Gasteiger charge is -2.21. The maximum absolute atomic E-state index is 12.6. The van der Waals surface area contributed by atoms with Crippen molar-refractivity contribution in [2.45, 2.75) is 4.90 Å². The second-order valence-corrected chi connectivity index (χ2v) is 6.84. The topological polar surface area (TPSA) is 63.7 Å². The molecule has 2 rings (SSSR count). The van der Waals surface area contributed by atoms with Gasteiger partial charge in [-0.3, -0.25) is 4.31 Å². The van der Waals surface area contributed by atoms with Gasteiger partial charge in [0.2, 0.25) is 0 Å². The van der Waals surface area contributed by atoms with Crippen LogP contribution < -0.4 is 4.31 Å². The number of ether oxygens (including phenoxy) is 1. The van der Waals surface area contributed by atoms with Gasteiger partial charge in [0.1, 0.15) is 0 Å². The van der Waals surface area contributed by atoms with Crippen molar-refractivity contribution in [3.8, 4) is 0 Å². The average molecular weight is 340 g/mol. The highest BCUT2D eigenvalue weighted by Gasteiger charge is 2.25. The SMILES string of the molecule is COC(=O)c1ccc(Cl)cc1N(C)S(=O)(=O)c1ccccc1. The van der Waals surface area contributed by atoms with Crippen molar-refractivity contribution in [1.29, 1.82) is 0 Å². The van der Waals surface area contributed by atoms with Crippen molar-refractivity contribution in [1.82, 2.24) is 0 Å². The molecule has 0 aliphatic rings. The van der Waals surface area contributed by atoms with Crippen molar-refractivity contribution in [2.75, 3.05) is 18.5 Å². The monoisotopic (exact) mass is 339 g/mol. The normalized spacial score (nSPS) is 11.0. The second-order valence-electron chi connectivity index (χ2n) is 4.44. The molecule has 5 nitrogen and oxygen atoms in total. The highest BCUT2D eigenvalue weighted by atomic mass is 35.5. The third kappa shape index (κ3) is 3.08. The molecule has 2 aromatic carbocycles. The second kappa shape index (κ2) is 6.37.